The zero-order valence-corrected chi connectivity index (χ0v) is 11.8. The third kappa shape index (κ3) is 5.04. The lowest BCUT2D eigenvalue weighted by Crippen LogP contribution is -2.43. The van der Waals surface area contributed by atoms with Gasteiger partial charge in [0.2, 0.25) is 0 Å². The maximum Gasteiger partial charge on any atom is 0.127 e. The molecule has 0 heterocycles. The van der Waals surface area contributed by atoms with Gasteiger partial charge in [0.05, 0.1) is 13.2 Å². The molecule has 0 aromatic rings. The Morgan fingerprint density at radius 1 is 1.06 bits per heavy atom. The molecule has 18 heavy (non-hydrogen) atoms. The molecule has 1 fully saturated rings. The topological polar surface area (TPSA) is 38.8 Å². The molecule has 0 aromatic carbocycles. The minimum atomic E-state index is -0.125. The average Bonchev–Trinajstić information content (AvgIpc) is 2.43. The number of hydrogen-bond acceptors (Lipinski definition) is 4. The quantitative estimate of drug-likeness (QED) is 0.590. The van der Waals surface area contributed by atoms with E-state index in [0.29, 0.717) is 13.2 Å². The SMILES string of the molecule is COCCN(CCOC)CC1(C=O)CCCCC1. The number of ether oxygens (including phenoxy) is 2. The van der Waals surface area contributed by atoms with E-state index in [1.165, 1.54) is 25.5 Å². The Morgan fingerprint density at radius 3 is 2.06 bits per heavy atom. The van der Waals surface area contributed by atoms with E-state index in [9.17, 15) is 4.79 Å². The first-order valence-corrected chi connectivity index (χ1v) is 6.93. The second kappa shape index (κ2) is 8.62. The van der Waals surface area contributed by atoms with Gasteiger partial charge in [-0.3, -0.25) is 4.90 Å². The summed E-state index contributed by atoms with van der Waals surface area (Å²) in [7, 11) is 3.43. The largest absolute Gasteiger partial charge is 0.383 e. The first kappa shape index (κ1) is 15.6. The minimum absolute atomic E-state index is 0.125. The Labute approximate surface area is 111 Å². The number of carbonyl (C=O) groups excluding carboxylic acids is 1. The molecule has 0 amide bonds. The van der Waals surface area contributed by atoms with Gasteiger partial charge < -0.3 is 14.3 Å². The van der Waals surface area contributed by atoms with E-state index >= 15 is 0 Å². The van der Waals surface area contributed by atoms with Crippen molar-refractivity contribution in [3.8, 4) is 0 Å². The highest BCUT2D eigenvalue weighted by atomic mass is 16.5. The van der Waals surface area contributed by atoms with Crippen molar-refractivity contribution in [1.82, 2.24) is 4.90 Å². The summed E-state index contributed by atoms with van der Waals surface area (Å²) in [5.74, 6) is 0. The van der Waals surface area contributed by atoms with Gasteiger partial charge in [0, 0.05) is 39.3 Å². The van der Waals surface area contributed by atoms with Crippen LogP contribution in [0.3, 0.4) is 0 Å². The monoisotopic (exact) mass is 257 g/mol. The number of rotatable bonds is 9. The summed E-state index contributed by atoms with van der Waals surface area (Å²) in [5.41, 5.74) is -0.125. The molecular formula is C14H27NO3. The fourth-order valence-corrected chi connectivity index (χ4v) is 2.73. The van der Waals surface area contributed by atoms with Gasteiger partial charge in [0.1, 0.15) is 6.29 Å². The fourth-order valence-electron chi connectivity index (χ4n) is 2.73. The van der Waals surface area contributed by atoms with Crippen LogP contribution in [0.1, 0.15) is 32.1 Å². The van der Waals surface area contributed by atoms with E-state index in [-0.39, 0.29) is 5.41 Å². The summed E-state index contributed by atoms with van der Waals surface area (Å²) in [5, 5.41) is 0. The molecule has 4 nitrogen and oxygen atoms in total. The summed E-state index contributed by atoms with van der Waals surface area (Å²) < 4.78 is 10.3. The third-order valence-electron chi connectivity index (χ3n) is 3.86. The standard InChI is InChI=1S/C14H27NO3/c1-17-10-8-15(9-11-18-2)12-14(13-16)6-4-3-5-7-14/h13H,3-12H2,1-2H3. The molecule has 0 aromatic heterocycles. The van der Waals surface area contributed by atoms with Crippen molar-refractivity contribution in [2.75, 3.05) is 47.1 Å². The van der Waals surface area contributed by atoms with Gasteiger partial charge in [-0.1, -0.05) is 19.3 Å². The Balaban J connectivity index is 2.51. The highest BCUT2D eigenvalue weighted by molar-refractivity contribution is 5.60. The summed E-state index contributed by atoms with van der Waals surface area (Å²) >= 11 is 0. The molecule has 1 aliphatic carbocycles. The normalized spacial score (nSPS) is 19.1. The molecule has 1 aliphatic rings. The van der Waals surface area contributed by atoms with Crippen LogP contribution in [0.4, 0.5) is 0 Å². The van der Waals surface area contributed by atoms with E-state index in [1.807, 2.05) is 0 Å². The number of aldehydes is 1. The van der Waals surface area contributed by atoms with Crippen LogP contribution in [0.25, 0.3) is 0 Å². The second-order valence-electron chi connectivity index (χ2n) is 5.30. The van der Waals surface area contributed by atoms with Crippen molar-refractivity contribution in [3.63, 3.8) is 0 Å². The summed E-state index contributed by atoms with van der Waals surface area (Å²) in [6, 6.07) is 0. The van der Waals surface area contributed by atoms with E-state index in [1.54, 1.807) is 14.2 Å². The number of nitrogens with zero attached hydrogens (tertiary/aromatic N) is 1. The van der Waals surface area contributed by atoms with Crippen LogP contribution in [0.2, 0.25) is 0 Å². The fraction of sp³-hybridized carbons (Fsp3) is 0.929. The van der Waals surface area contributed by atoms with Crippen molar-refractivity contribution >= 4 is 6.29 Å². The Morgan fingerprint density at radius 2 is 1.61 bits per heavy atom. The van der Waals surface area contributed by atoms with Crippen LogP contribution in [0, 0.1) is 5.41 Å². The molecule has 106 valence electrons. The van der Waals surface area contributed by atoms with Crippen molar-refractivity contribution in [2.24, 2.45) is 5.41 Å². The molecule has 0 unspecified atom stereocenters. The number of methoxy groups -OCH3 is 2. The van der Waals surface area contributed by atoms with Gasteiger partial charge in [-0.15, -0.1) is 0 Å². The highest BCUT2D eigenvalue weighted by Gasteiger charge is 2.33. The zero-order valence-electron chi connectivity index (χ0n) is 11.8. The van der Waals surface area contributed by atoms with Crippen LogP contribution in [0.15, 0.2) is 0 Å². The van der Waals surface area contributed by atoms with Gasteiger partial charge in [0.15, 0.2) is 0 Å². The Bertz CT molecular complexity index is 219. The number of hydrogen-bond donors (Lipinski definition) is 0. The van der Waals surface area contributed by atoms with Crippen LogP contribution < -0.4 is 0 Å². The molecule has 1 saturated carbocycles. The third-order valence-corrected chi connectivity index (χ3v) is 3.86. The average molecular weight is 257 g/mol. The van der Waals surface area contributed by atoms with Crippen molar-refractivity contribution in [2.45, 2.75) is 32.1 Å². The van der Waals surface area contributed by atoms with Crippen LogP contribution >= 0.6 is 0 Å². The van der Waals surface area contributed by atoms with Crippen LogP contribution in [-0.4, -0.2) is 58.3 Å². The maximum atomic E-state index is 11.5. The Kier molecular flexibility index (Phi) is 7.47. The molecule has 0 spiro atoms. The maximum absolute atomic E-state index is 11.5. The molecule has 0 N–H and O–H groups in total. The minimum Gasteiger partial charge on any atom is -0.383 e. The molecule has 0 aliphatic heterocycles. The summed E-state index contributed by atoms with van der Waals surface area (Å²) in [6.07, 6.45) is 6.90. The lowest BCUT2D eigenvalue weighted by Gasteiger charge is -2.37. The summed E-state index contributed by atoms with van der Waals surface area (Å²) in [4.78, 5) is 13.8. The molecule has 0 bridgehead atoms. The van der Waals surface area contributed by atoms with Gasteiger partial charge in [0.25, 0.3) is 0 Å². The van der Waals surface area contributed by atoms with Crippen LogP contribution in [0.5, 0.6) is 0 Å². The molecule has 4 heteroatoms. The van der Waals surface area contributed by atoms with E-state index < -0.39 is 0 Å². The van der Waals surface area contributed by atoms with Crippen molar-refractivity contribution in [3.05, 3.63) is 0 Å². The smallest absolute Gasteiger partial charge is 0.127 e. The molecule has 1 rings (SSSR count). The van der Waals surface area contributed by atoms with Gasteiger partial charge in [-0.05, 0) is 12.8 Å². The molecule has 0 saturated heterocycles. The van der Waals surface area contributed by atoms with Gasteiger partial charge >= 0.3 is 0 Å². The Hall–Kier alpha value is -0.450. The van der Waals surface area contributed by atoms with E-state index in [4.69, 9.17) is 9.47 Å². The lowest BCUT2D eigenvalue weighted by molar-refractivity contribution is -0.119. The molecule has 0 radical (unpaired) electrons. The number of carbonyl (C=O) groups is 1. The molecule has 0 atom stereocenters. The summed E-state index contributed by atoms with van der Waals surface area (Å²) in [6.45, 7) is 4.01. The van der Waals surface area contributed by atoms with E-state index in [0.717, 1.165) is 32.5 Å². The van der Waals surface area contributed by atoms with Crippen molar-refractivity contribution in [1.29, 1.82) is 0 Å². The van der Waals surface area contributed by atoms with E-state index in [2.05, 4.69) is 4.90 Å². The first-order chi connectivity index (χ1) is 8.76. The van der Waals surface area contributed by atoms with Gasteiger partial charge in [-0.2, -0.15) is 0 Å². The second-order valence-corrected chi connectivity index (χ2v) is 5.30. The first-order valence-electron chi connectivity index (χ1n) is 6.93. The lowest BCUT2D eigenvalue weighted by atomic mass is 9.75. The highest BCUT2D eigenvalue weighted by Crippen LogP contribution is 2.35. The van der Waals surface area contributed by atoms with Crippen LogP contribution in [-0.2, 0) is 14.3 Å². The van der Waals surface area contributed by atoms with Gasteiger partial charge in [-0.25, -0.2) is 0 Å². The predicted molar refractivity (Wildman–Crippen MR) is 71.8 cm³/mol. The predicted octanol–water partition coefficient (Wildman–Crippen LogP) is 1.73. The molecular weight excluding hydrogens is 230 g/mol. The zero-order chi connectivity index (χ0) is 13.3. The van der Waals surface area contributed by atoms with Crippen molar-refractivity contribution < 1.29 is 14.3 Å².